The third kappa shape index (κ3) is 3.74. The zero-order chi connectivity index (χ0) is 13.9. The molecule has 0 fully saturated rings. The molecule has 0 saturated heterocycles. The first-order chi connectivity index (χ1) is 8.25. The van der Waals surface area contributed by atoms with Gasteiger partial charge in [-0.2, -0.15) is 0 Å². The Labute approximate surface area is 115 Å². The van der Waals surface area contributed by atoms with E-state index in [1.807, 2.05) is 0 Å². The molecule has 7 heteroatoms. The van der Waals surface area contributed by atoms with Crippen LogP contribution in [0.1, 0.15) is 13.3 Å². The highest BCUT2D eigenvalue weighted by atomic mass is 79.9. The first-order valence-electron chi connectivity index (χ1n) is 5.34. The van der Waals surface area contributed by atoms with E-state index < -0.39 is 21.9 Å². The number of halogens is 2. The van der Waals surface area contributed by atoms with Gasteiger partial charge in [0.2, 0.25) is 10.0 Å². The minimum absolute atomic E-state index is 0.134. The van der Waals surface area contributed by atoms with Crippen LogP contribution in [0.3, 0.4) is 0 Å². The number of hydrogen-bond donors (Lipinski definition) is 1. The van der Waals surface area contributed by atoms with Gasteiger partial charge >= 0.3 is 0 Å². The SMILES string of the molecule is C[C@@H](O)CCN(C)S(=O)(=O)c1ccc(Br)cc1F. The summed E-state index contributed by atoms with van der Waals surface area (Å²) in [7, 11) is -2.50. The van der Waals surface area contributed by atoms with Gasteiger partial charge < -0.3 is 5.11 Å². The molecule has 0 aromatic heterocycles. The van der Waals surface area contributed by atoms with Gasteiger partial charge in [-0.15, -0.1) is 0 Å². The Morgan fingerprint density at radius 3 is 2.61 bits per heavy atom. The minimum atomic E-state index is -3.86. The maximum atomic E-state index is 13.6. The summed E-state index contributed by atoms with van der Waals surface area (Å²) in [5.74, 6) is -0.798. The number of rotatable bonds is 5. The van der Waals surface area contributed by atoms with Crippen LogP contribution in [0.15, 0.2) is 27.6 Å². The number of aliphatic hydroxyl groups is 1. The van der Waals surface area contributed by atoms with Crippen molar-refractivity contribution in [3.8, 4) is 0 Å². The Balaban J connectivity index is 2.98. The van der Waals surface area contributed by atoms with E-state index in [9.17, 15) is 12.8 Å². The standard InChI is InChI=1S/C11H15BrFNO3S/c1-8(15)5-6-14(2)18(16,17)11-4-3-9(12)7-10(11)13/h3-4,7-8,15H,5-6H2,1-2H3/t8-/m1/s1. The highest BCUT2D eigenvalue weighted by Gasteiger charge is 2.24. The quantitative estimate of drug-likeness (QED) is 0.892. The maximum Gasteiger partial charge on any atom is 0.245 e. The van der Waals surface area contributed by atoms with Gasteiger partial charge in [0.1, 0.15) is 10.7 Å². The zero-order valence-electron chi connectivity index (χ0n) is 10.1. The zero-order valence-corrected chi connectivity index (χ0v) is 12.5. The molecule has 0 amide bonds. The average Bonchev–Trinajstić information content (AvgIpc) is 2.24. The second kappa shape index (κ2) is 6.10. The molecule has 0 spiro atoms. The molecule has 4 nitrogen and oxygen atoms in total. The van der Waals surface area contributed by atoms with E-state index in [1.54, 1.807) is 6.92 Å². The first-order valence-corrected chi connectivity index (χ1v) is 7.58. The van der Waals surface area contributed by atoms with Crippen LogP contribution in [-0.2, 0) is 10.0 Å². The van der Waals surface area contributed by atoms with Crippen LogP contribution in [0.4, 0.5) is 4.39 Å². The predicted octanol–water partition coefficient (Wildman–Crippen LogP) is 1.98. The van der Waals surface area contributed by atoms with Crippen LogP contribution in [-0.4, -0.2) is 37.5 Å². The van der Waals surface area contributed by atoms with E-state index in [0.717, 1.165) is 10.4 Å². The molecule has 0 saturated carbocycles. The van der Waals surface area contributed by atoms with Crippen LogP contribution < -0.4 is 0 Å². The van der Waals surface area contributed by atoms with Gasteiger partial charge in [0, 0.05) is 18.1 Å². The fraction of sp³-hybridized carbons (Fsp3) is 0.455. The average molecular weight is 340 g/mol. The van der Waals surface area contributed by atoms with E-state index in [-0.39, 0.29) is 11.4 Å². The third-order valence-electron chi connectivity index (χ3n) is 2.44. The summed E-state index contributed by atoms with van der Waals surface area (Å²) in [6.07, 6.45) is -0.300. The second-order valence-electron chi connectivity index (χ2n) is 4.04. The molecule has 0 aliphatic rings. The predicted molar refractivity (Wildman–Crippen MR) is 70.2 cm³/mol. The van der Waals surface area contributed by atoms with Crippen molar-refractivity contribution in [3.63, 3.8) is 0 Å². The molecular formula is C11H15BrFNO3S. The lowest BCUT2D eigenvalue weighted by Crippen LogP contribution is -2.30. The van der Waals surface area contributed by atoms with Crippen LogP contribution in [0.2, 0.25) is 0 Å². The molecule has 0 aliphatic carbocycles. The van der Waals surface area contributed by atoms with Gasteiger partial charge in [-0.1, -0.05) is 15.9 Å². The molecule has 1 rings (SSSR count). The molecule has 1 aromatic carbocycles. The number of sulfonamides is 1. The fourth-order valence-electron chi connectivity index (χ4n) is 1.34. The second-order valence-corrected chi connectivity index (χ2v) is 6.97. The Morgan fingerprint density at radius 2 is 2.11 bits per heavy atom. The molecule has 102 valence electrons. The van der Waals surface area contributed by atoms with Crippen molar-refractivity contribution in [2.45, 2.75) is 24.3 Å². The molecule has 0 radical (unpaired) electrons. The van der Waals surface area contributed by atoms with Crippen LogP contribution in [0.25, 0.3) is 0 Å². The number of aliphatic hydroxyl groups excluding tert-OH is 1. The lowest BCUT2D eigenvalue weighted by molar-refractivity contribution is 0.177. The van der Waals surface area contributed by atoms with Gasteiger partial charge in [-0.25, -0.2) is 17.1 Å². The van der Waals surface area contributed by atoms with Gasteiger partial charge in [0.05, 0.1) is 6.10 Å². The molecule has 0 unspecified atom stereocenters. The van der Waals surface area contributed by atoms with Crippen LogP contribution >= 0.6 is 15.9 Å². The third-order valence-corrected chi connectivity index (χ3v) is 4.83. The Morgan fingerprint density at radius 1 is 1.50 bits per heavy atom. The molecule has 1 aromatic rings. The van der Waals surface area contributed by atoms with Gasteiger partial charge in [0.15, 0.2) is 0 Å². The Hall–Kier alpha value is -0.500. The molecule has 0 heterocycles. The fourth-order valence-corrected chi connectivity index (χ4v) is 2.90. The summed E-state index contributed by atoms with van der Waals surface area (Å²) in [4.78, 5) is -0.362. The summed E-state index contributed by atoms with van der Waals surface area (Å²) < 4.78 is 39.3. The van der Waals surface area contributed by atoms with Gasteiger partial charge in [-0.3, -0.25) is 0 Å². The molecule has 0 aliphatic heterocycles. The number of nitrogens with zero attached hydrogens (tertiary/aromatic N) is 1. The summed E-state index contributed by atoms with van der Waals surface area (Å²) in [6.45, 7) is 1.70. The van der Waals surface area contributed by atoms with Crippen molar-refractivity contribution >= 4 is 26.0 Å². The topological polar surface area (TPSA) is 57.6 Å². The van der Waals surface area contributed by atoms with Crippen molar-refractivity contribution < 1.29 is 17.9 Å². The number of benzene rings is 1. The van der Waals surface area contributed by atoms with E-state index in [2.05, 4.69) is 15.9 Å². The highest BCUT2D eigenvalue weighted by Crippen LogP contribution is 2.22. The maximum absolute atomic E-state index is 13.6. The molecular weight excluding hydrogens is 325 g/mol. The van der Waals surface area contributed by atoms with E-state index in [1.165, 1.54) is 19.2 Å². The van der Waals surface area contributed by atoms with Crippen molar-refractivity contribution in [3.05, 3.63) is 28.5 Å². The van der Waals surface area contributed by atoms with E-state index in [4.69, 9.17) is 5.11 Å². The van der Waals surface area contributed by atoms with Crippen molar-refractivity contribution in [2.24, 2.45) is 0 Å². The summed E-state index contributed by atoms with van der Waals surface area (Å²) in [5, 5.41) is 9.13. The van der Waals surface area contributed by atoms with Gasteiger partial charge in [-0.05, 0) is 31.5 Å². The molecule has 1 atom stereocenters. The minimum Gasteiger partial charge on any atom is -0.393 e. The lowest BCUT2D eigenvalue weighted by atomic mass is 10.3. The summed E-state index contributed by atoms with van der Waals surface area (Å²) >= 11 is 3.07. The largest absolute Gasteiger partial charge is 0.393 e. The Bertz CT molecular complexity index is 519. The Kier molecular flexibility index (Phi) is 5.27. The normalized spacial score (nSPS) is 13.9. The van der Waals surface area contributed by atoms with Crippen molar-refractivity contribution in [2.75, 3.05) is 13.6 Å². The monoisotopic (exact) mass is 339 g/mol. The van der Waals surface area contributed by atoms with Crippen LogP contribution in [0.5, 0.6) is 0 Å². The van der Waals surface area contributed by atoms with E-state index >= 15 is 0 Å². The summed E-state index contributed by atoms with van der Waals surface area (Å²) in [6, 6.07) is 3.79. The molecule has 0 bridgehead atoms. The molecule has 1 N–H and O–H groups in total. The lowest BCUT2D eigenvalue weighted by Gasteiger charge is -2.18. The van der Waals surface area contributed by atoms with Crippen LogP contribution in [0, 0.1) is 5.82 Å². The van der Waals surface area contributed by atoms with E-state index in [0.29, 0.717) is 10.9 Å². The van der Waals surface area contributed by atoms with Crippen molar-refractivity contribution in [1.82, 2.24) is 4.31 Å². The number of hydrogen-bond acceptors (Lipinski definition) is 3. The first kappa shape index (κ1) is 15.6. The molecule has 18 heavy (non-hydrogen) atoms. The highest BCUT2D eigenvalue weighted by molar-refractivity contribution is 9.10. The smallest absolute Gasteiger partial charge is 0.245 e. The summed E-state index contributed by atoms with van der Waals surface area (Å²) in [5.41, 5.74) is 0. The van der Waals surface area contributed by atoms with Crippen molar-refractivity contribution in [1.29, 1.82) is 0 Å². The van der Waals surface area contributed by atoms with Gasteiger partial charge in [0.25, 0.3) is 0 Å².